The summed E-state index contributed by atoms with van der Waals surface area (Å²) in [7, 11) is 0. The molecule has 7 heteroatoms. The molecule has 5 rings (SSSR count). The number of anilines is 1. The minimum absolute atomic E-state index is 0.284. The summed E-state index contributed by atoms with van der Waals surface area (Å²) in [6.07, 6.45) is 15.3. The van der Waals surface area contributed by atoms with E-state index in [9.17, 15) is 4.79 Å². The van der Waals surface area contributed by atoms with Gasteiger partial charge in [0.1, 0.15) is 0 Å². The molecule has 0 aromatic carbocycles. The number of aromatic amines is 1. The number of piperidine rings is 1. The van der Waals surface area contributed by atoms with Gasteiger partial charge in [-0.05, 0) is 44.1 Å². The lowest BCUT2D eigenvalue weighted by atomic mass is 9.91. The minimum atomic E-state index is 0.284. The molecule has 1 aliphatic carbocycles. The van der Waals surface area contributed by atoms with Crippen molar-refractivity contribution in [2.24, 2.45) is 5.92 Å². The zero-order valence-electron chi connectivity index (χ0n) is 18.4. The molecule has 2 saturated heterocycles. The normalized spacial score (nSPS) is 22.4. The zero-order valence-corrected chi connectivity index (χ0v) is 18.4. The Bertz CT molecular complexity index is 884. The van der Waals surface area contributed by atoms with Crippen LogP contribution in [0.15, 0.2) is 18.5 Å². The lowest BCUT2D eigenvalue weighted by Crippen LogP contribution is -2.39. The van der Waals surface area contributed by atoms with Gasteiger partial charge >= 0.3 is 0 Å². The van der Waals surface area contributed by atoms with Gasteiger partial charge < -0.3 is 9.80 Å². The molecule has 2 aromatic heterocycles. The first-order valence-corrected chi connectivity index (χ1v) is 12.2. The van der Waals surface area contributed by atoms with Crippen molar-refractivity contribution < 1.29 is 4.79 Å². The van der Waals surface area contributed by atoms with Crippen LogP contribution in [-0.2, 0) is 4.79 Å². The number of carbonyl (C=O) groups excluding carboxylic acids is 1. The van der Waals surface area contributed by atoms with E-state index in [-0.39, 0.29) is 5.92 Å². The third-order valence-electron chi connectivity index (χ3n) is 7.40. The van der Waals surface area contributed by atoms with E-state index in [4.69, 9.17) is 4.98 Å². The van der Waals surface area contributed by atoms with E-state index >= 15 is 0 Å². The molecule has 0 radical (unpaired) electrons. The molecule has 3 fully saturated rings. The molecule has 1 saturated carbocycles. The second-order valence-corrected chi connectivity index (χ2v) is 9.50. The first-order chi connectivity index (χ1) is 15.3. The van der Waals surface area contributed by atoms with E-state index in [0.29, 0.717) is 12.3 Å². The first-order valence-electron chi connectivity index (χ1n) is 12.2. The SMILES string of the molecule is O=C(CCC1CCCC1)N1CCC[C@@H](c2[nH]ncc2-c2ccnc(N3CCCC3)n2)C1. The Morgan fingerprint density at radius 1 is 1.06 bits per heavy atom. The molecule has 1 amide bonds. The number of hydrogen-bond donors (Lipinski definition) is 1. The Hall–Kier alpha value is -2.44. The lowest BCUT2D eigenvalue weighted by Gasteiger charge is -2.33. The molecule has 1 atom stereocenters. The van der Waals surface area contributed by atoms with Crippen LogP contribution in [0.2, 0.25) is 0 Å². The van der Waals surface area contributed by atoms with Crippen LogP contribution < -0.4 is 4.90 Å². The summed E-state index contributed by atoms with van der Waals surface area (Å²) in [6.45, 7) is 3.73. The van der Waals surface area contributed by atoms with Crippen LogP contribution in [-0.4, -0.2) is 57.2 Å². The van der Waals surface area contributed by atoms with Gasteiger partial charge in [-0.25, -0.2) is 9.97 Å². The van der Waals surface area contributed by atoms with E-state index in [2.05, 4.69) is 25.0 Å². The second kappa shape index (κ2) is 9.37. The van der Waals surface area contributed by atoms with Gasteiger partial charge in [-0.1, -0.05) is 25.7 Å². The second-order valence-electron chi connectivity index (χ2n) is 9.50. The Morgan fingerprint density at radius 2 is 1.90 bits per heavy atom. The van der Waals surface area contributed by atoms with Crippen LogP contribution in [0.5, 0.6) is 0 Å². The van der Waals surface area contributed by atoms with Gasteiger partial charge in [-0.15, -0.1) is 0 Å². The number of aromatic nitrogens is 4. The fourth-order valence-electron chi connectivity index (χ4n) is 5.60. The quantitative estimate of drug-likeness (QED) is 0.757. The highest BCUT2D eigenvalue weighted by atomic mass is 16.2. The highest BCUT2D eigenvalue weighted by Crippen LogP contribution is 2.34. The fourth-order valence-corrected chi connectivity index (χ4v) is 5.60. The molecule has 0 unspecified atom stereocenters. The molecule has 0 bridgehead atoms. The van der Waals surface area contributed by atoms with Gasteiger partial charge in [0.2, 0.25) is 11.9 Å². The molecule has 2 aromatic rings. The number of nitrogens with zero attached hydrogens (tertiary/aromatic N) is 5. The van der Waals surface area contributed by atoms with Crippen molar-refractivity contribution in [1.29, 1.82) is 0 Å². The van der Waals surface area contributed by atoms with Crippen molar-refractivity contribution in [3.63, 3.8) is 0 Å². The van der Waals surface area contributed by atoms with Crippen LogP contribution in [0, 0.1) is 5.92 Å². The van der Waals surface area contributed by atoms with Crippen molar-refractivity contribution in [3.8, 4) is 11.3 Å². The molecule has 2 aliphatic heterocycles. The number of rotatable bonds is 6. The molecule has 3 aliphatic rings. The number of amides is 1. The zero-order chi connectivity index (χ0) is 21.0. The van der Waals surface area contributed by atoms with Gasteiger partial charge in [0, 0.05) is 56.0 Å². The fraction of sp³-hybridized carbons (Fsp3) is 0.667. The standard InChI is InChI=1S/C24H34N6O/c31-22(10-9-18-6-1-2-7-18)30-15-5-8-19(17-30)23-20(16-26-28-23)21-11-12-25-24(27-21)29-13-3-4-14-29/h11-12,16,18-19H,1-10,13-15,17H2,(H,26,28)/t19-/m1/s1. The average molecular weight is 423 g/mol. The first kappa shape index (κ1) is 20.5. The summed E-state index contributed by atoms with van der Waals surface area (Å²) in [6, 6.07) is 1.97. The number of H-pyrrole nitrogens is 1. The highest BCUT2D eigenvalue weighted by Gasteiger charge is 2.29. The van der Waals surface area contributed by atoms with Crippen LogP contribution >= 0.6 is 0 Å². The van der Waals surface area contributed by atoms with Crippen LogP contribution in [0.4, 0.5) is 5.95 Å². The third kappa shape index (κ3) is 4.60. The van der Waals surface area contributed by atoms with E-state index in [0.717, 1.165) is 74.3 Å². The van der Waals surface area contributed by atoms with Gasteiger partial charge in [-0.2, -0.15) is 5.10 Å². The van der Waals surface area contributed by atoms with Gasteiger partial charge in [-0.3, -0.25) is 9.89 Å². The highest BCUT2D eigenvalue weighted by molar-refractivity contribution is 5.76. The van der Waals surface area contributed by atoms with Crippen LogP contribution in [0.3, 0.4) is 0 Å². The average Bonchev–Trinajstić information content (AvgIpc) is 3.60. The van der Waals surface area contributed by atoms with E-state index in [1.54, 1.807) is 0 Å². The Kier molecular flexibility index (Phi) is 6.18. The summed E-state index contributed by atoms with van der Waals surface area (Å²) < 4.78 is 0. The summed E-state index contributed by atoms with van der Waals surface area (Å²) in [4.78, 5) is 26.6. The Balaban J connectivity index is 1.27. The minimum Gasteiger partial charge on any atom is -0.342 e. The molecular formula is C24H34N6O. The number of hydrogen-bond acceptors (Lipinski definition) is 5. The molecule has 31 heavy (non-hydrogen) atoms. The van der Waals surface area contributed by atoms with E-state index in [1.165, 1.54) is 38.5 Å². The van der Waals surface area contributed by atoms with Crippen LogP contribution in [0.25, 0.3) is 11.3 Å². The van der Waals surface area contributed by atoms with Crippen LogP contribution in [0.1, 0.15) is 75.8 Å². The molecule has 1 N–H and O–H groups in total. The predicted octanol–water partition coefficient (Wildman–Crippen LogP) is 4.14. The monoisotopic (exact) mass is 422 g/mol. The molecular weight excluding hydrogens is 388 g/mol. The summed E-state index contributed by atoms with van der Waals surface area (Å²) in [5.41, 5.74) is 3.08. The Labute approximate surface area is 184 Å². The maximum atomic E-state index is 12.9. The number of nitrogens with one attached hydrogen (secondary N) is 1. The lowest BCUT2D eigenvalue weighted by molar-refractivity contribution is -0.132. The largest absolute Gasteiger partial charge is 0.342 e. The summed E-state index contributed by atoms with van der Waals surface area (Å²) in [5.74, 6) is 2.20. The maximum absolute atomic E-state index is 12.9. The number of carbonyl (C=O) groups is 1. The van der Waals surface area contributed by atoms with Gasteiger partial charge in [0.15, 0.2) is 0 Å². The van der Waals surface area contributed by atoms with Crippen molar-refractivity contribution in [2.45, 2.75) is 70.1 Å². The summed E-state index contributed by atoms with van der Waals surface area (Å²) >= 11 is 0. The Morgan fingerprint density at radius 3 is 2.74 bits per heavy atom. The van der Waals surface area contributed by atoms with Crippen molar-refractivity contribution in [3.05, 3.63) is 24.2 Å². The molecule has 7 nitrogen and oxygen atoms in total. The topological polar surface area (TPSA) is 78.0 Å². The van der Waals surface area contributed by atoms with Crippen molar-refractivity contribution >= 4 is 11.9 Å². The number of likely N-dealkylation sites (tertiary alicyclic amines) is 1. The van der Waals surface area contributed by atoms with Gasteiger partial charge in [0.05, 0.1) is 11.9 Å². The van der Waals surface area contributed by atoms with E-state index in [1.807, 2.05) is 18.5 Å². The van der Waals surface area contributed by atoms with E-state index < -0.39 is 0 Å². The predicted molar refractivity (Wildman–Crippen MR) is 121 cm³/mol. The molecule has 0 spiro atoms. The summed E-state index contributed by atoms with van der Waals surface area (Å²) in [5, 5.41) is 7.59. The molecule has 166 valence electrons. The van der Waals surface area contributed by atoms with Crippen molar-refractivity contribution in [1.82, 2.24) is 25.1 Å². The smallest absolute Gasteiger partial charge is 0.225 e. The maximum Gasteiger partial charge on any atom is 0.225 e. The third-order valence-corrected chi connectivity index (χ3v) is 7.40. The van der Waals surface area contributed by atoms with Crippen molar-refractivity contribution in [2.75, 3.05) is 31.1 Å². The van der Waals surface area contributed by atoms with Gasteiger partial charge in [0.25, 0.3) is 0 Å². The molecule has 4 heterocycles.